The molecule has 0 fully saturated rings. The van der Waals surface area contributed by atoms with Gasteiger partial charge in [-0.15, -0.1) is 0 Å². The Labute approximate surface area is 104 Å². The zero-order valence-corrected chi connectivity index (χ0v) is 10.3. The molecular weight excluding hydrogens is 245 g/mol. The van der Waals surface area contributed by atoms with Crippen LogP contribution in [0.25, 0.3) is 0 Å². The molecule has 0 radical (unpaired) electrons. The molecule has 1 aromatic rings. The van der Waals surface area contributed by atoms with Crippen LogP contribution in [0.15, 0.2) is 18.3 Å². The van der Waals surface area contributed by atoms with Crippen molar-refractivity contribution in [2.24, 2.45) is 0 Å². The van der Waals surface area contributed by atoms with Gasteiger partial charge in [0.1, 0.15) is 0 Å². The highest BCUT2D eigenvalue weighted by Crippen LogP contribution is 2.21. The molecule has 0 unspecified atom stereocenters. The number of hydrogen-bond acceptors (Lipinski definition) is 3. The highest BCUT2D eigenvalue weighted by molar-refractivity contribution is 5.13. The smallest absolute Gasteiger partial charge is 0.375 e. The summed E-state index contributed by atoms with van der Waals surface area (Å²) in [6.07, 6.45) is -3.19. The maximum atomic E-state index is 11.8. The van der Waals surface area contributed by atoms with Gasteiger partial charge in [0.05, 0.1) is 12.3 Å². The number of nitrogens with one attached hydrogen (secondary N) is 1. The maximum absolute atomic E-state index is 11.8. The van der Waals surface area contributed by atoms with Gasteiger partial charge >= 0.3 is 6.18 Å². The van der Waals surface area contributed by atoms with Crippen LogP contribution in [-0.2, 0) is 17.9 Å². The Balaban J connectivity index is 2.19. The second-order valence-corrected chi connectivity index (χ2v) is 3.96. The summed E-state index contributed by atoms with van der Waals surface area (Å²) in [5.41, 5.74) is 1.78. The molecule has 1 heterocycles. The Morgan fingerprint density at radius 3 is 2.67 bits per heavy atom. The van der Waals surface area contributed by atoms with Crippen molar-refractivity contribution in [2.45, 2.75) is 32.2 Å². The molecule has 1 aromatic heterocycles. The third-order valence-corrected chi connectivity index (χ3v) is 2.27. The van der Waals surface area contributed by atoms with Crippen LogP contribution in [0.1, 0.15) is 24.1 Å². The quantitative estimate of drug-likeness (QED) is 0.767. The Kier molecular flexibility index (Phi) is 6.07. The summed E-state index contributed by atoms with van der Waals surface area (Å²) in [7, 11) is 1.84. The maximum Gasteiger partial charge on any atom is 0.389 e. The summed E-state index contributed by atoms with van der Waals surface area (Å²) >= 11 is 0. The molecule has 3 nitrogen and oxygen atoms in total. The molecule has 0 aromatic carbocycles. The Hall–Kier alpha value is -1.14. The van der Waals surface area contributed by atoms with E-state index in [0.717, 1.165) is 17.8 Å². The van der Waals surface area contributed by atoms with Crippen molar-refractivity contribution >= 4 is 0 Å². The van der Waals surface area contributed by atoms with E-state index < -0.39 is 12.6 Å². The van der Waals surface area contributed by atoms with Gasteiger partial charge in [0, 0.05) is 25.8 Å². The minimum Gasteiger partial charge on any atom is -0.375 e. The lowest BCUT2D eigenvalue weighted by molar-refractivity contribution is -0.138. The van der Waals surface area contributed by atoms with Gasteiger partial charge in [-0.3, -0.25) is 4.98 Å². The monoisotopic (exact) mass is 262 g/mol. The van der Waals surface area contributed by atoms with Gasteiger partial charge in [-0.05, 0) is 25.1 Å². The average Bonchev–Trinajstić information content (AvgIpc) is 2.30. The highest BCUT2D eigenvalue weighted by Gasteiger charge is 2.25. The molecule has 1 rings (SSSR count). The van der Waals surface area contributed by atoms with Crippen LogP contribution in [0.5, 0.6) is 0 Å². The fourth-order valence-corrected chi connectivity index (χ4v) is 1.40. The predicted octanol–water partition coefficient (Wildman–Crippen LogP) is 2.66. The fourth-order valence-electron chi connectivity index (χ4n) is 1.40. The van der Waals surface area contributed by atoms with Gasteiger partial charge in [-0.25, -0.2) is 0 Å². The number of nitrogens with zero attached hydrogens (tertiary/aromatic N) is 1. The number of ether oxygens (including phenoxy) is 1. The first-order valence-electron chi connectivity index (χ1n) is 5.74. The minimum atomic E-state index is -4.10. The Morgan fingerprint density at radius 2 is 2.11 bits per heavy atom. The molecule has 1 N–H and O–H groups in total. The highest BCUT2D eigenvalue weighted by atomic mass is 19.4. The SMILES string of the molecule is CNCc1ccc(COCCCC(F)(F)F)nc1. The van der Waals surface area contributed by atoms with E-state index in [4.69, 9.17) is 4.74 Å². The van der Waals surface area contributed by atoms with Crippen molar-refractivity contribution in [1.29, 1.82) is 0 Å². The van der Waals surface area contributed by atoms with Crippen molar-refractivity contribution in [3.63, 3.8) is 0 Å². The van der Waals surface area contributed by atoms with Crippen LogP contribution in [0, 0.1) is 0 Å². The van der Waals surface area contributed by atoms with Crippen LogP contribution in [0.4, 0.5) is 13.2 Å². The third-order valence-electron chi connectivity index (χ3n) is 2.27. The molecule has 0 aliphatic carbocycles. The van der Waals surface area contributed by atoms with E-state index in [0.29, 0.717) is 0 Å². The van der Waals surface area contributed by atoms with Crippen LogP contribution < -0.4 is 5.32 Å². The largest absolute Gasteiger partial charge is 0.389 e. The van der Waals surface area contributed by atoms with Crippen molar-refractivity contribution in [3.8, 4) is 0 Å². The molecule has 0 saturated carbocycles. The summed E-state index contributed by atoms with van der Waals surface area (Å²) in [5.74, 6) is 0. The van der Waals surface area contributed by atoms with E-state index >= 15 is 0 Å². The first kappa shape index (κ1) is 14.9. The Bertz CT molecular complexity index is 338. The summed E-state index contributed by atoms with van der Waals surface area (Å²) in [6.45, 7) is 1.08. The van der Waals surface area contributed by atoms with E-state index in [2.05, 4.69) is 10.3 Å². The molecule has 0 aliphatic rings. The van der Waals surface area contributed by atoms with Crippen molar-refractivity contribution in [3.05, 3.63) is 29.6 Å². The van der Waals surface area contributed by atoms with Crippen molar-refractivity contribution < 1.29 is 17.9 Å². The first-order valence-corrected chi connectivity index (χ1v) is 5.74. The van der Waals surface area contributed by atoms with Gasteiger partial charge in [0.15, 0.2) is 0 Å². The topological polar surface area (TPSA) is 34.1 Å². The lowest BCUT2D eigenvalue weighted by atomic mass is 10.2. The van der Waals surface area contributed by atoms with Crippen LogP contribution in [-0.4, -0.2) is 24.8 Å². The van der Waals surface area contributed by atoms with Crippen LogP contribution in [0.3, 0.4) is 0 Å². The summed E-state index contributed by atoms with van der Waals surface area (Å²) < 4.78 is 40.7. The predicted molar refractivity (Wildman–Crippen MR) is 61.9 cm³/mol. The Morgan fingerprint density at radius 1 is 1.33 bits per heavy atom. The van der Waals surface area contributed by atoms with E-state index in [9.17, 15) is 13.2 Å². The lowest BCUT2D eigenvalue weighted by Crippen LogP contribution is -2.09. The molecule has 102 valence electrons. The van der Waals surface area contributed by atoms with Gasteiger partial charge in [-0.2, -0.15) is 13.2 Å². The molecule has 0 aliphatic heterocycles. The summed E-state index contributed by atoms with van der Waals surface area (Å²) in [4.78, 5) is 4.16. The molecule has 0 saturated heterocycles. The first-order chi connectivity index (χ1) is 8.51. The zero-order chi connectivity index (χ0) is 13.4. The van der Waals surface area contributed by atoms with E-state index in [1.165, 1.54) is 0 Å². The minimum absolute atomic E-state index is 0.0126. The van der Waals surface area contributed by atoms with Crippen molar-refractivity contribution in [1.82, 2.24) is 10.3 Å². The van der Waals surface area contributed by atoms with E-state index in [1.807, 2.05) is 19.2 Å². The zero-order valence-electron chi connectivity index (χ0n) is 10.3. The number of pyridine rings is 1. The number of alkyl halides is 3. The van der Waals surface area contributed by atoms with Crippen LogP contribution in [0.2, 0.25) is 0 Å². The molecule has 18 heavy (non-hydrogen) atoms. The standard InChI is InChI=1S/C12H17F3N2O/c1-16-7-10-3-4-11(17-8-10)9-18-6-2-5-12(13,14)15/h3-4,8,16H,2,5-7,9H2,1H3. The van der Waals surface area contributed by atoms with Crippen LogP contribution >= 0.6 is 0 Å². The normalized spacial score (nSPS) is 11.8. The molecule has 0 spiro atoms. The second-order valence-electron chi connectivity index (χ2n) is 3.96. The molecular formula is C12H17F3N2O. The molecule has 6 heteroatoms. The molecule has 0 atom stereocenters. The third kappa shape index (κ3) is 6.56. The van der Waals surface area contributed by atoms with Crippen molar-refractivity contribution in [2.75, 3.05) is 13.7 Å². The number of aromatic nitrogens is 1. The number of rotatable bonds is 7. The average molecular weight is 262 g/mol. The lowest BCUT2D eigenvalue weighted by Gasteiger charge is -2.07. The number of hydrogen-bond donors (Lipinski definition) is 1. The fraction of sp³-hybridized carbons (Fsp3) is 0.583. The van der Waals surface area contributed by atoms with E-state index in [-0.39, 0.29) is 19.6 Å². The second kappa shape index (κ2) is 7.33. The summed E-state index contributed by atoms with van der Waals surface area (Å²) in [5, 5.41) is 3.00. The van der Waals surface area contributed by atoms with Gasteiger partial charge in [-0.1, -0.05) is 6.07 Å². The molecule has 0 amide bonds. The molecule has 0 bridgehead atoms. The van der Waals surface area contributed by atoms with Gasteiger partial charge < -0.3 is 10.1 Å². The van der Waals surface area contributed by atoms with Gasteiger partial charge in [0.2, 0.25) is 0 Å². The van der Waals surface area contributed by atoms with Gasteiger partial charge in [0.25, 0.3) is 0 Å². The summed E-state index contributed by atoms with van der Waals surface area (Å²) in [6, 6.07) is 3.73. The van der Waals surface area contributed by atoms with E-state index in [1.54, 1.807) is 6.20 Å². The number of halogens is 3.